The van der Waals surface area contributed by atoms with Gasteiger partial charge in [-0.15, -0.1) is 0 Å². The number of nitrogens with zero attached hydrogens (tertiary/aromatic N) is 2. The van der Waals surface area contributed by atoms with E-state index in [0.717, 1.165) is 5.56 Å². The lowest BCUT2D eigenvalue weighted by Crippen LogP contribution is -2.44. The van der Waals surface area contributed by atoms with Crippen LogP contribution in [0.5, 0.6) is 0 Å². The molecule has 5 nitrogen and oxygen atoms in total. The molecule has 2 rings (SSSR count). The van der Waals surface area contributed by atoms with Crippen molar-refractivity contribution >= 4 is 10.0 Å². The van der Waals surface area contributed by atoms with Gasteiger partial charge >= 0.3 is 6.18 Å². The molecule has 1 heterocycles. The molecular weight excluding hydrogens is 355 g/mol. The summed E-state index contributed by atoms with van der Waals surface area (Å²) in [6.45, 7) is 5.70. The van der Waals surface area contributed by atoms with E-state index in [9.17, 15) is 21.6 Å². The standard InChI is InChI=1S/C16H20F3N3O2S/c1-4-22-9-8-14(20-22)12-6-5-7-13(10-12)15(2,3)21-25(23,24)11-16(17,18)19/h5-10,21H,4,11H2,1-3H3. The van der Waals surface area contributed by atoms with Gasteiger partial charge in [0.05, 0.1) is 11.2 Å². The van der Waals surface area contributed by atoms with E-state index in [1.165, 1.54) is 13.8 Å². The Balaban J connectivity index is 2.29. The first kappa shape index (κ1) is 19.5. The molecule has 138 valence electrons. The quantitative estimate of drug-likeness (QED) is 0.843. The van der Waals surface area contributed by atoms with Gasteiger partial charge in [0.25, 0.3) is 0 Å². The average Bonchev–Trinajstić information content (AvgIpc) is 2.92. The second-order valence-electron chi connectivity index (χ2n) is 6.24. The summed E-state index contributed by atoms with van der Waals surface area (Å²) >= 11 is 0. The van der Waals surface area contributed by atoms with E-state index in [1.54, 1.807) is 22.9 Å². The average molecular weight is 375 g/mol. The summed E-state index contributed by atoms with van der Waals surface area (Å²) < 4.78 is 64.7. The number of aryl methyl sites for hydroxylation is 1. The SMILES string of the molecule is CCn1ccc(-c2cccc(C(C)(C)NS(=O)(=O)CC(F)(F)F)c2)n1. The van der Waals surface area contributed by atoms with Gasteiger partial charge < -0.3 is 0 Å². The minimum Gasteiger partial charge on any atom is -0.272 e. The molecule has 1 aromatic carbocycles. The highest BCUT2D eigenvalue weighted by Gasteiger charge is 2.38. The van der Waals surface area contributed by atoms with Gasteiger partial charge in [0, 0.05) is 18.3 Å². The van der Waals surface area contributed by atoms with Crippen LogP contribution in [0.2, 0.25) is 0 Å². The highest BCUT2D eigenvalue weighted by Crippen LogP contribution is 2.27. The summed E-state index contributed by atoms with van der Waals surface area (Å²) in [6, 6.07) is 8.74. The molecule has 0 spiro atoms. The Labute approximate surface area is 144 Å². The van der Waals surface area contributed by atoms with Crippen molar-refractivity contribution in [2.75, 3.05) is 5.75 Å². The van der Waals surface area contributed by atoms with Crippen LogP contribution in [-0.4, -0.2) is 30.1 Å². The lowest BCUT2D eigenvalue weighted by atomic mass is 9.93. The zero-order chi connectivity index (χ0) is 18.9. The van der Waals surface area contributed by atoms with Crippen molar-refractivity contribution in [1.29, 1.82) is 0 Å². The van der Waals surface area contributed by atoms with Crippen molar-refractivity contribution in [3.63, 3.8) is 0 Å². The summed E-state index contributed by atoms with van der Waals surface area (Å²) in [5, 5.41) is 4.37. The molecule has 0 amide bonds. The van der Waals surface area contributed by atoms with E-state index < -0.39 is 27.5 Å². The van der Waals surface area contributed by atoms with E-state index in [1.807, 2.05) is 25.3 Å². The van der Waals surface area contributed by atoms with Crippen LogP contribution in [0, 0.1) is 0 Å². The molecule has 0 bridgehead atoms. The Hall–Kier alpha value is -1.87. The Morgan fingerprint density at radius 1 is 1.20 bits per heavy atom. The predicted molar refractivity (Wildman–Crippen MR) is 89.3 cm³/mol. The maximum atomic E-state index is 12.4. The summed E-state index contributed by atoms with van der Waals surface area (Å²) in [6.07, 6.45) is -2.98. The molecule has 2 aromatic rings. The van der Waals surface area contributed by atoms with Gasteiger partial charge in [-0.25, -0.2) is 13.1 Å². The Morgan fingerprint density at radius 3 is 2.44 bits per heavy atom. The number of alkyl halides is 3. The van der Waals surface area contributed by atoms with Gasteiger partial charge in [-0.3, -0.25) is 4.68 Å². The molecule has 0 saturated carbocycles. The minimum absolute atomic E-state index is 0.543. The molecular formula is C16H20F3N3O2S. The highest BCUT2D eigenvalue weighted by molar-refractivity contribution is 7.89. The fourth-order valence-electron chi connectivity index (χ4n) is 2.46. The van der Waals surface area contributed by atoms with Gasteiger partial charge in [0.2, 0.25) is 10.0 Å². The van der Waals surface area contributed by atoms with Gasteiger partial charge in [0.1, 0.15) is 0 Å². The molecule has 0 aliphatic heterocycles. The van der Waals surface area contributed by atoms with Crippen LogP contribution in [0.25, 0.3) is 11.3 Å². The normalized spacial score (nSPS) is 13.2. The topological polar surface area (TPSA) is 64.0 Å². The maximum Gasteiger partial charge on any atom is 0.404 e. The minimum atomic E-state index is -4.79. The summed E-state index contributed by atoms with van der Waals surface area (Å²) in [4.78, 5) is 0. The lowest BCUT2D eigenvalue weighted by molar-refractivity contribution is -0.106. The van der Waals surface area contributed by atoms with E-state index in [2.05, 4.69) is 9.82 Å². The van der Waals surface area contributed by atoms with Crippen LogP contribution >= 0.6 is 0 Å². The second kappa shape index (κ2) is 6.80. The van der Waals surface area contributed by atoms with Crippen molar-refractivity contribution < 1.29 is 21.6 Å². The zero-order valence-electron chi connectivity index (χ0n) is 14.1. The third-order valence-electron chi connectivity index (χ3n) is 3.61. The molecule has 1 aromatic heterocycles. The van der Waals surface area contributed by atoms with E-state index >= 15 is 0 Å². The van der Waals surface area contributed by atoms with Gasteiger partial charge in [-0.1, -0.05) is 18.2 Å². The van der Waals surface area contributed by atoms with Crippen LogP contribution in [0.3, 0.4) is 0 Å². The molecule has 0 fully saturated rings. The van der Waals surface area contributed by atoms with E-state index in [4.69, 9.17) is 0 Å². The molecule has 0 aliphatic rings. The lowest BCUT2D eigenvalue weighted by Gasteiger charge is -2.27. The molecule has 9 heteroatoms. The molecule has 25 heavy (non-hydrogen) atoms. The first-order valence-electron chi connectivity index (χ1n) is 7.65. The number of aromatic nitrogens is 2. The van der Waals surface area contributed by atoms with Crippen molar-refractivity contribution in [2.45, 2.75) is 39.0 Å². The number of hydrogen-bond donors (Lipinski definition) is 1. The Bertz CT molecular complexity index is 842. The molecule has 0 atom stereocenters. The zero-order valence-corrected chi connectivity index (χ0v) is 14.9. The van der Waals surface area contributed by atoms with Crippen LogP contribution in [0.4, 0.5) is 13.2 Å². The monoisotopic (exact) mass is 375 g/mol. The fraction of sp³-hybridized carbons (Fsp3) is 0.438. The van der Waals surface area contributed by atoms with Crippen LogP contribution in [0.15, 0.2) is 36.5 Å². The smallest absolute Gasteiger partial charge is 0.272 e. The number of sulfonamides is 1. The molecule has 0 aliphatic carbocycles. The number of hydrogen-bond acceptors (Lipinski definition) is 3. The van der Waals surface area contributed by atoms with E-state index in [-0.39, 0.29) is 0 Å². The van der Waals surface area contributed by atoms with Crippen LogP contribution in [0.1, 0.15) is 26.3 Å². The van der Waals surface area contributed by atoms with Crippen LogP contribution in [-0.2, 0) is 22.1 Å². The second-order valence-corrected chi connectivity index (χ2v) is 7.96. The van der Waals surface area contributed by atoms with Crippen molar-refractivity contribution in [2.24, 2.45) is 0 Å². The van der Waals surface area contributed by atoms with Gasteiger partial charge in [-0.05, 0) is 38.5 Å². The summed E-state index contributed by atoms with van der Waals surface area (Å²) in [5.41, 5.74) is 0.806. The summed E-state index contributed by atoms with van der Waals surface area (Å²) in [7, 11) is -4.52. The molecule has 0 saturated heterocycles. The van der Waals surface area contributed by atoms with Crippen molar-refractivity contribution in [3.05, 3.63) is 42.1 Å². The fourth-order valence-corrected chi connectivity index (χ4v) is 3.86. The summed E-state index contributed by atoms with van der Waals surface area (Å²) in [5.74, 6) is -1.91. The number of nitrogens with one attached hydrogen (secondary N) is 1. The third-order valence-corrected chi connectivity index (χ3v) is 5.14. The molecule has 0 unspecified atom stereocenters. The predicted octanol–water partition coefficient (Wildman–Crippen LogP) is 3.29. The maximum absolute atomic E-state index is 12.4. The van der Waals surface area contributed by atoms with E-state index in [0.29, 0.717) is 17.8 Å². The Morgan fingerprint density at radius 2 is 1.88 bits per heavy atom. The number of benzene rings is 1. The Kier molecular flexibility index (Phi) is 5.29. The van der Waals surface area contributed by atoms with Gasteiger partial charge in [-0.2, -0.15) is 18.3 Å². The first-order valence-corrected chi connectivity index (χ1v) is 9.30. The highest BCUT2D eigenvalue weighted by atomic mass is 32.2. The van der Waals surface area contributed by atoms with Crippen LogP contribution < -0.4 is 4.72 Å². The molecule has 0 radical (unpaired) electrons. The third kappa shape index (κ3) is 5.30. The van der Waals surface area contributed by atoms with Crippen molar-refractivity contribution in [1.82, 2.24) is 14.5 Å². The van der Waals surface area contributed by atoms with Gasteiger partial charge in [0.15, 0.2) is 5.75 Å². The van der Waals surface area contributed by atoms with Crippen molar-refractivity contribution in [3.8, 4) is 11.3 Å². The number of halogens is 3. The largest absolute Gasteiger partial charge is 0.404 e. The number of rotatable bonds is 6. The molecule has 1 N–H and O–H groups in total. The first-order chi connectivity index (χ1) is 11.4.